The van der Waals surface area contributed by atoms with Gasteiger partial charge in [-0.05, 0) is 19.4 Å². The maximum absolute atomic E-state index is 12.3. The number of anilines is 1. The molecule has 1 aromatic carbocycles. The minimum Gasteiger partial charge on any atom is -0.398 e. The maximum Gasteiger partial charge on any atom is 0.270 e. The van der Waals surface area contributed by atoms with Gasteiger partial charge in [0.2, 0.25) is 0 Å². The summed E-state index contributed by atoms with van der Waals surface area (Å²) >= 11 is 0. The van der Waals surface area contributed by atoms with Gasteiger partial charge in [0.1, 0.15) is 0 Å². The topological polar surface area (TPSA) is 89.5 Å². The van der Waals surface area contributed by atoms with E-state index in [-0.39, 0.29) is 22.8 Å². The summed E-state index contributed by atoms with van der Waals surface area (Å²) in [5.74, 6) is -0.253. The van der Waals surface area contributed by atoms with Gasteiger partial charge in [-0.25, -0.2) is 0 Å². The number of nitro groups is 1. The fourth-order valence-corrected chi connectivity index (χ4v) is 1.77. The summed E-state index contributed by atoms with van der Waals surface area (Å²) < 4.78 is 0. The summed E-state index contributed by atoms with van der Waals surface area (Å²) in [6.07, 6.45) is 1.88. The van der Waals surface area contributed by atoms with Crippen LogP contribution < -0.4 is 5.73 Å². The van der Waals surface area contributed by atoms with Gasteiger partial charge in [-0.1, -0.05) is 13.3 Å². The van der Waals surface area contributed by atoms with Crippen LogP contribution in [0.25, 0.3) is 0 Å². The van der Waals surface area contributed by atoms with Crippen LogP contribution in [0.2, 0.25) is 0 Å². The molecule has 0 spiro atoms. The molecule has 0 unspecified atom stereocenters. The van der Waals surface area contributed by atoms with Gasteiger partial charge >= 0.3 is 0 Å². The molecule has 0 aromatic heterocycles. The molecule has 0 bridgehead atoms. The Morgan fingerprint density at radius 1 is 1.42 bits per heavy atom. The summed E-state index contributed by atoms with van der Waals surface area (Å²) in [7, 11) is 0. The summed E-state index contributed by atoms with van der Waals surface area (Å²) in [6, 6.07) is 3.94. The third kappa shape index (κ3) is 3.67. The Hall–Kier alpha value is -2.11. The Labute approximate surface area is 112 Å². The number of nitro benzene ring substituents is 1. The van der Waals surface area contributed by atoms with Gasteiger partial charge < -0.3 is 10.6 Å². The maximum atomic E-state index is 12.3. The Balaban J connectivity index is 3.02. The van der Waals surface area contributed by atoms with Crippen LogP contribution in [0, 0.1) is 10.1 Å². The summed E-state index contributed by atoms with van der Waals surface area (Å²) in [5.41, 5.74) is 6.09. The highest BCUT2D eigenvalue weighted by atomic mass is 16.6. The largest absolute Gasteiger partial charge is 0.398 e. The number of nitrogens with zero attached hydrogens (tertiary/aromatic N) is 2. The number of amides is 1. The van der Waals surface area contributed by atoms with Crippen LogP contribution in [0.1, 0.15) is 37.0 Å². The highest BCUT2D eigenvalue weighted by Gasteiger charge is 2.19. The van der Waals surface area contributed by atoms with Gasteiger partial charge in [-0.2, -0.15) is 0 Å². The lowest BCUT2D eigenvalue weighted by molar-refractivity contribution is -0.384. The van der Waals surface area contributed by atoms with E-state index in [0.29, 0.717) is 13.1 Å². The first-order valence-electron chi connectivity index (χ1n) is 6.34. The highest BCUT2D eigenvalue weighted by Crippen LogP contribution is 2.21. The third-order valence-electron chi connectivity index (χ3n) is 2.93. The van der Waals surface area contributed by atoms with E-state index < -0.39 is 4.92 Å². The molecule has 19 heavy (non-hydrogen) atoms. The zero-order valence-corrected chi connectivity index (χ0v) is 11.3. The number of benzene rings is 1. The monoisotopic (exact) mass is 265 g/mol. The first-order chi connectivity index (χ1) is 9.01. The molecule has 0 aliphatic heterocycles. The Kier molecular flexibility index (Phi) is 5.29. The van der Waals surface area contributed by atoms with Crippen LogP contribution in [-0.4, -0.2) is 28.8 Å². The molecule has 1 aromatic rings. The van der Waals surface area contributed by atoms with Crippen molar-refractivity contribution in [2.75, 3.05) is 18.8 Å². The molecule has 0 heterocycles. The number of unbranched alkanes of at least 4 members (excludes halogenated alkanes) is 1. The molecule has 0 radical (unpaired) electrons. The number of nitrogens with two attached hydrogens (primary N) is 1. The van der Waals surface area contributed by atoms with E-state index in [4.69, 9.17) is 5.73 Å². The van der Waals surface area contributed by atoms with E-state index in [0.717, 1.165) is 12.8 Å². The molecule has 0 aliphatic carbocycles. The second-order valence-electron chi connectivity index (χ2n) is 4.27. The molecule has 2 N–H and O–H groups in total. The molecule has 0 atom stereocenters. The van der Waals surface area contributed by atoms with Crippen molar-refractivity contribution in [3.63, 3.8) is 0 Å². The van der Waals surface area contributed by atoms with Crippen molar-refractivity contribution in [1.29, 1.82) is 0 Å². The quantitative estimate of drug-likeness (QED) is 0.486. The van der Waals surface area contributed by atoms with Crippen LogP contribution in [0.15, 0.2) is 18.2 Å². The van der Waals surface area contributed by atoms with E-state index in [1.54, 1.807) is 4.90 Å². The second kappa shape index (κ2) is 6.72. The predicted octanol–water partition coefficient (Wildman–Crippen LogP) is 2.44. The van der Waals surface area contributed by atoms with E-state index in [1.165, 1.54) is 18.2 Å². The van der Waals surface area contributed by atoms with Crippen molar-refractivity contribution < 1.29 is 9.72 Å². The third-order valence-corrected chi connectivity index (χ3v) is 2.93. The van der Waals surface area contributed by atoms with Gasteiger partial charge in [0.05, 0.1) is 10.5 Å². The first kappa shape index (κ1) is 14.9. The van der Waals surface area contributed by atoms with Gasteiger partial charge in [0.25, 0.3) is 11.6 Å². The van der Waals surface area contributed by atoms with Gasteiger partial charge in [-0.15, -0.1) is 0 Å². The average molecular weight is 265 g/mol. The Morgan fingerprint density at radius 3 is 2.63 bits per heavy atom. The first-order valence-corrected chi connectivity index (χ1v) is 6.34. The fraction of sp³-hybridized carbons (Fsp3) is 0.462. The van der Waals surface area contributed by atoms with Crippen LogP contribution in [-0.2, 0) is 0 Å². The van der Waals surface area contributed by atoms with Crippen LogP contribution in [0.5, 0.6) is 0 Å². The molecule has 0 saturated carbocycles. The molecular weight excluding hydrogens is 246 g/mol. The molecule has 6 heteroatoms. The number of nitrogen functional groups attached to an aromatic ring is 1. The van der Waals surface area contributed by atoms with E-state index in [9.17, 15) is 14.9 Å². The molecule has 0 aliphatic rings. The fourth-order valence-electron chi connectivity index (χ4n) is 1.77. The summed E-state index contributed by atoms with van der Waals surface area (Å²) in [4.78, 5) is 24.2. The molecule has 104 valence electrons. The Bertz CT molecular complexity index is 474. The standard InChI is InChI=1S/C13H19N3O3/c1-3-5-8-15(4-2)13(17)11-9-10(16(18)19)6-7-12(11)14/h6-7,9H,3-5,8,14H2,1-2H3. The lowest BCUT2D eigenvalue weighted by atomic mass is 10.1. The molecule has 0 fully saturated rings. The smallest absolute Gasteiger partial charge is 0.270 e. The van der Waals surface area contributed by atoms with Crippen molar-refractivity contribution in [1.82, 2.24) is 4.90 Å². The Morgan fingerprint density at radius 2 is 2.11 bits per heavy atom. The lowest BCUT2D eigenvalue weighted by Crippen LogP contribution is -2.32. The lowest BCUT2D eigenvalue weighted by Gasteiger charge is -2.21. The highest BCUT2D eigenvalue weighted by molar-refractivity contribution is 5.99. The number of carbonyl (C=O) groups excluding carboxylic acids is 1. The summed E-state index contributed by atoms with van der Waals surface area (Å²) in [5, 5.41) is 10.7. The number of hydrogen-bond acceptors (Lipinski definition) is 4. The van der Waals surface area contributed by atoms with E-state index in [2.05, 4.69) is 0 Å². The SMILES string of the molecule is CCCCN(CC)C(=O)c1cc([N+](=O)[O-])ccc1N. The van der Waals surface area contributed by atoms with Crippen LogP contribution in [0.4, 0.5) is 11.4 Å². The van der Waals surface area contributed by atoms with Crippen LogP contribution >= 0.6 is 0 Å². The molecule has 1 rings (SSSR count). The molecule has 6 nitrogen and oxygen atoms in total. The number of carbonyl (C=O) groups is 1. The second-order valence-corrected chi connectivity index (χ2v) is 4.27. The molecule has 0 saturated heterocycles. The van der Waals surface area contributed by atoms with Crippen molar-refractivity contribution >= 4 is 17.3 Å². The van der Waals surface area contributed by atoms with Crippen molar-refractivity contribution in [3.8, 4) is 0 Å². The van der Waals surface area contributed by atoms with Gasteiger partial charge in [0, 0.05) is 30.9 Å². The average Bonchev–Trinajstić information content (AvgIpc) is 2.39. The van der Waals surface area contributed by atoms with Crippen molar-refractivity contribution in [3.05, 3.63) is 33.9 Å². The minimum atomic E-state index is -0.529. The van der Waals surface area contributed by atoms with E-state index >= 15 is 0 Å². The van der Waals surface area contributed by atoms with E-state index in [1.807, 2.05) is 13.8 Å². The van der Waals surface area contributed by atoms with Gasteiger partial charge in [-0.3, -0.25) is 14.9 Å². The summed E-state index contributed by atoms with van der Waals surface area (Å²) in [6.45, 7) is 5.11. The number of rotatable bonds is 6. The van der Waals surface area contributed by atoms with Crippen molar-refractivity contribution in [2.24, 2.45) is 0 Å². The normalized spacial score (nSPS) is 10.2. The number of hydrogen-bond donors (Lipinski definition) is 1. The predicted molar refractivity (Wildman–Crippen MR) is 74.0 cm³/mol. The minimum absolute atomic E-state index is 0.121. The van der Waals surface area contributed by atoms with Crippen LogP contribution in [0.3, 0.4) is 0 Å². The zero-order valence-electron chi connectivity index (χ0n) is 11.3. The zero-order chi connectivity index (χ0) is 14.4. The molecular formula is C13H19N3O3. The van der Waals surface area contributed by atoms with Gasteiger partial charge in [0.15, 0.2) is 0 Å². The number of non-ortho nitro benzene ring substituents is 1. The van der Waals surface area contributed by atoms with Crippen molar-refractivity contribution in [2.45, 2.75) is 26.7 Å². The molecule has 1 amide bonds.